The highest BCUT2D eigenvalue weighted by Crippen LogP contribution is 2.20. The fourth-order valence-corrected chi connectivity index (χ4v) is 2.43. The lowest BCUT2D eigenvalue weighted by Gasteiger charge is -2.37. The molecule has 1 aliphatic heterocycles. The number of anilines is 1. The molecule has 1 aromatic rings. The summed E-state index contributed by atoms with van der Waals surface area (Å²) in [6.07, 6.45) is -2.29. The van der Waals surface area contributed by atoms with Crippen molar-refractivity contribution in [3.8, 4) is 0 Å². The molecule has 2 N–H and O–H groups in total. The van der Waals surface area contributed by atoms with Crippen molar-refractivity contribution in [2.75, 3.05) is 38.5 Å². The molecule has 1 aromatic heterocycles. The molecule has 0 radical (unpaired) electrons. The largest absolute Gasteiger partial charge is 0.368 e. The second kappa shape index (κ2) is 6.55. The molecule has 1 saturated heterocycles. The van der Waals surface area contributed by atoms with Gasteiger partial charge >= 0.3 is 0 Å². The van der Waals surface area contributed by atoms with Gasteiger partial charge in [0.1, 0.15) is 0 Å². The van der Waals surface area contributed by atoms with Crippen LogP contribution in [0.25, 0.3) is 0 Å². The first-order chi connectivity index (χ1) is 9.45. The maximum absolute atomic E-state index is 12.3. The van der Waals surface area contributed by atoms with Crippen LogP contribution in [0.5, 0.6) is 0 Å². The third-order valence-electron chi connectivity index (χ3n) is 3.37. The minimum Gasteiger partial charge on any atom is -0.368 e. The summed E-state index contributed by atoms with van der Waals surface area (Å²) in [6.45, 7) is 4.32. The van der Waals surface area contributed by atoms with Crippen molar-refractivity contribution in [2.24, 2.45) is 0 Å². The van der Waals surface area contributed by atoms with E-state index in [1.807, 2.05) is 6.92 Å². The molecule has 2 rings (SSSR count). The van der Waals surface area contributed by atoms with E-state index < -0.39 is 6.43 Å². The average molecular weight is 307 g/mol. The van der Waals surface area contributed by atoms with Gasteiger partial charge in [0.2, 0.25) is 11.2 Å². The van der Waals surface area contributed by atoms with Gasteiger partial charge in [-0.3, -0.25) is 9.80 Å². The Hall–Kier alpha value is -1.12. The van der Waals surface area contributed by atoms with Gasteiger partial charge in [-0.1, -0.05) is 0 Å². The summed E-state index contributed by atoms with van der Waals surface area (Å²) < 4.78 is 24.6. The fraction of sp³-hybridized carbons (Fsp3) is 0.727. The molecule has 0 amide bonds. The Balaban J connectivity index is 1.96. The number of nitrogen functional groups attached to an aromatic ring is 1. The Morgan fingerprint density at radius 3 is 2.40 bits per heavy atom. The molecule has 0 unspecified atom stereocenters. The van der Waals surface area contributed by atoms with Crippen LogP contribution in [0.15, 0.2) is 0 Å². The average Bonchev–Trinajstić information content (AvgIpc) is 2.37. The summed E-state index contributed by atoms with van der Waals surface area (Å²) in [5.74, 6) is 0.591. The summed E-state index contributed by atoms with van der Waals surface area (Å²) in [7, 11) is 0. The molecule has 0 aliphatic carbocycles. The third-order valence-corrected chi connectivity index (χ3v) is 3.54. The van der Waals surface area contributed by atoms with Crippen LogP contribution in [-0.2, 0) is 0 Å². The molecular weight excluding hydrogens is 290 g/mol. The van der Waals surface area contributed by atoms with Gasteiger partial charge in [0.15, 0.2) is 5.82 Å². The maximum atomic E-state index is 12.3. The smallest absolute Gasteiger partial charge is 0.251 e. The highest BCUT2D eigenvalue weighted by Gasteiger charge is 2.25. The van der Waals surface area contributed by atoms with Crippen LogP contribution in [0.2, 0.25) is 5.28 Å². The normalized spacial score (nSPS) is 19.4. The van der Waals surface area contributed by atoms with Crippen LogP contribution in [-0.4, -0.2) is 63.9 Å². The van der Waals surface area contributed by atoms with E-state index in [1.165, 1.54) is 0 Å². The van der Waals surface area contributed by atoms with Gasteiger partial charge in [-0.15, -0.1) is 0 Å². The number of piperazine rings is 1. The number of halogens is 3. The van der Waals surface area contributed by atoms with Gasteiger partial charge in [-0.25, -0.2) is 13.8 Å². The summed E-state index contributed by atoms with van der Waals surface area (Å²) in [5, 5.41) is 0.0655. The Morgan fingerprint density at radius 1 is 1.20 bits per heavy atom. The van der Waals surface area contributed by atoms with Gasteiger partial charge in [0.25, 0.3) is 6.43 Å². The summed E-state index contributed by atoms with van der Waals surface area (Å²) in [4.78, 5) is 15.7. The molecule has 0 saturated carbocycles. The first-order valence-corrected chi connectivity index (χ1v) is 6.75. The zero-order valence-corrected chi connectivity index (χ0v) is 11.9. The van der Waals surface area contributed by atoms with E-state index in [-0.39, 0.29) is 23.8 Å². The van der Waals surface area contributed by atoms with Crippen molar-refractivity contribution in [3.05, 3.63) is 11.1 Å². The summed E-state index contributed by atoms with van der Waals surface area (Å²) in [5.41, 5.74) is 5.55. The van der Waals surface area contributed by atoms with E-state index >= 15 is 0 Å². The number of nitrogens with zero attached hydrogens (tertiary/aromatic N) is 5. The van der Waals surface area contributed by atoms with Gasteiger partial charge < -0.3 is 5.73 Å². The molecule has 2 heterocycles. The van der Waals surface area contributed by atoms with Crippen LogP contribution in [0, 0.1) is 0 Å². The van der Waals surface area contributed by atoms with Crippen molar-refractivity contribution >= 4 is 17.5 Å². The summed E-state index contributed by atoms with van der Waals surface area (Å²) in [6, 6.07) is -0.0773. The van der Waals surface area contributed by atoms with Crippen molar-refractivity contribution in [1.29, 1.82) is 0 Å². The number of aromatic nitrogens is 3. The van der Waals surface area contributed by atoms with Crippen LogP contribution in [0.4, 0.5) is 14.7 Å². The highest BCUT2D eigenvalue weighted by atomic mass is 35.5. The van der Waals surface area contributed by atoms with Gasteiger partial charge in [0.05, 0.1) is 12.6 Å². The zero-order chi connectivity index (χ0) is 14.7. The number of nitrogens with two attached hydrogens (primary N) is 1. The van der Waals surface area contributed by atoms with Crippen molar-refractivity contribution in [2.45, 2.75) is 19.4 Å². The lowest BCUT2D eigenvalue weighted by Crippen LogP contribution is -2.48. The second-order valence-corrected chi connectivity index (χ2v) is 5.06. The molecule has 112 valence electrons. The maximum Gasteiger partial charge on any atom is 0.251 e. The molecule has 1 aliphatic rings. The molecule has 1 atom stereocenters. The van der Waals surface area contributed by atoms with Crippen molar-refractivity contribution < 1.29 is 8.78 Å². The van der Waals surface area contributed by atoms with Crippen LogP contribution in [0.1, 0.15) is 18.8 Å². The minimum atomic E-state index is -2.29. The van der Waals surface area contributed by atoms with Crippen molar-refractivity contribution in [1.82, 2.24) is 24.8 Å². The Kier molecular flexibility index (Phi) is 5.00. The lowest BCUT2D eigenvalue weighted by atomic mass is 10.2. The quantitative estimate of drug-likeness (QED) is 0.896. The Bertz CT molecular complexity index is 432. The van der Waals surface area contributed by atoms with Crippen molar-refractivity contribution in [3.63, 3.8) is 0 Å². The van der Waals surface area contributed by atoms with Crippen LogP contribution >= 0.6 is 11.6 Å². The third kappa shape index (κ3) is 3.94. The first-order valence-electron chi connectivity index (χ1n) is 6.37. The molecule has 0 aromatic carbocycles. The molecule has 6 nitrogen and oxygen atoms in total. The van der Waals surface area contributed by atoms with Gasteiger partial charge in [-0.05, 0) is 18.5 Å². The predicted molar refractivity (Wildman–Crippen MR) is 71.7 cm³/mol. The van der Waals surface area contributed by atoms with E-state index in [9.17, 15) is 8.78 Å². The minimum absolute atomic E-state index is 0.0655. The van der Waals surface area contributed by atoms with Gasteiger partial charge in [0, 0.05) is 26.2 Å². The van der Waals surface area contributed by atoms with E-state index in [4.69, 9.17) is 17.3 Å². The van der Waals surface area contributed by atoms with E-state index in [1.54, 1.807) is 4.90 Å². The van der Waals surface area contributed by atoms with Crippen LogP contribution in [0.3, 0.4) is 0 Å². The lowest BCUT2D eigenvalue weighted by molar-refractivity contribution is 0.0444. The molecule has 20 heavy (non-hydrogen) atoms. The number of hydrogen-bond acceptors (Lipinski definition) is 6. The topological polar surface area (TPSA) is 71.2 Å². The fourth-order valence-electron chi connectivity index (χ4n) is 2.26. The Labute approximate surface area is 120 Å². The predicted octanol–water partition coefficient (Wildman–Crippen LogP) is 1.05. The molecule has 0 spiro atoms. The first kappa shape index (κ1) is 15.3. The number of alkyl halides is 2. The Morgan fingerprint density at radius 2 is 1.85 bits per heavy atom. The summed E-state index contributed by atoms with van der Waals surface area (Å²) >= 11 is 5.76. The number of hydrogen-bond donors (Lipinski definition) is 1. The zero-order valence-electron chi connectivity index (χ0n) is 11.1. The van der Waals surface area contributed by atoms with E-state index in [0.717, 1.165) is 0 Å². The molecule has 1 fully saturated rings. The van der Waals surface area contributed by atoms with E-state index in [0.29, 0.717) is 32.0 Å². The highest BCUT2D eigenvalue weighted by molar-refractivity contribution is 6.28. The second-order valence-electron chi connectivity index (χ2n) is 4.72. The monoisotopic (exact) mass is 306 g/mol. The van der Waals surface area contributed by atoms with E-state index in [2.05, 4.69) is 19.9 Å². The molecule has 9 heteroatoms. The number of rotatable bonds is 4. The van der Waals surface area contributed by atoms with Crippen LogP contribution < -0.4 is 5.73 Å². The standard InChI is InChI=1S/C11H17ClF2N6/c1-7(9-16-10(12)18-11(15)17-9)20-4-2-19(3-5-20)6-8(13)14/h7-8H,2-6H2,1H3,(H2,15,16,17,18)/t7-/m0/s1. The SMILES string of the molecule is C[C@@H](c1nc(N)nc(Cl)n1)N1CCN(CC(F)F)CC1. The molecule has 0 bridgehead atoms. The molecular formula is C11H17ClF2N6. The van der Waals surface area contributed by atoms with Gasteiger partial charge in [-0.2, -0.15) is 9.97 Å².